The molecular weight excluding hydrogens is 328 g/mol. The molecule has 0 amide bonds. The number of hydrogen-bond donors (Lipinski definition) is 2. The average molecular weight is 338 g/mol. The number of ether oxygens (including phenoxy) is 1. The second kappa shape index (κ2) is 7.08. The molecule has 122 valence electrons. The van der Waals surface area contributed by atoms with Crippen LogP contribution in [0.5, 0.6) is 5.75 Å². The lowest BCUT2D eigenvalue weighted by molar-refractivity contribution is -0.394. The monoisotopic (exact) mass is 338 g/mol. The Kier molecular flexibility index (Phi) is 5.69. The number of nitro groups is 2. The molecule has 22 heavy (non-hydrogen) atoms. The van der Waals surface area contributed by atoms with Crippen molar-refractivity contribution in [3.05, 3.63) is 38.4 Å². The molecule has 0 aliphatic heterocycles. The number of nitrogens with zero attached hydrogens (tertiary/aromatic N) is 2. The molecule has 0 radical (unpaired) electrons. The van der Waals surface area contributed by atoms with Gasteiger partial charge < -0.3 is 9.84 Å². The van der Waals surface area contributed by atoms with E-state index in [0.29, 0.717) is 6.07 Å². The number of rotatable bonds is 8. The molecule has 1 rings (SSSR count). The second-order valence-corrected chi connectivity index (χ2v) is 4.93. The number of benzene rings is 1. The van der Waals surface area contributed by atoms with Gasteiger partial charge >= 0.3 is 16.1 Å². The lowest BCUT2D eigenvalue weighted by Gasteiger charge is -2.11. The lowest BCUT2D eigenvalue weighted by Crippen LogP contribution is -2.25. The smallest absolute Gasteiger partial charge is 0.397 e. The van der Waals surface area contributed by atoms with Gasteiger partial charge in [-0.3, -0.25) is 24.8 Å². The number of aliphatic hydroxyl groups excluding tert-OH is 1. The molecule has 1 atom stereocenters. The van der Waals surface area contributed by atoms with Crippen molar-refractivity contribution >= 4 is 21.8 Å². The molecule has 0 aromatic heterocycles. The van der Waals surface area contributed by atoms with Crippen LogP contribution in [-0.4, -0.2) is 47.2 Å². The molecule has 1 aromatic carbocycles. The number of nitro benzene ring substituents is 2. The quantitative estimate of drug-likeness (QED) is 0.374. The summed E-state index contributed by atoms with van der Waals surface area (Å²) in [7, 11) is -4.74. The molecule has 0 saturated heterocycles. The van der Waals surface area contributed by atoms with Crippen LogP contribution in [0.15, 0.2) is 18.2 Å². The van der Waals surface area contributed by atoms with Gasteiger partial charge in [0.15, 0.2) is 5.75 Å². The fourth-order valence-corrected chi connectivity index (χ4v) is 1.61. The SMILES string of the molecule is O=[N+]([O-])c1ccc(OCC(O)COS(=O)(=O)O)c([N+](=O)[O-])c1. The normalized spacial score (nSPS) is 12.6. The van der Waals surface area contributed by atoms with E-state index in [1.54, 1.807) is 0 Å². The van der Waals surface area contributed by atoms with Gasteiger partial charge in [-0.05, 0) is 6.07 Å². The minimum Gasteiger partial charge on any atom is -0.484 e. The van der Waals surface area contributed by atoms with Gasteiger partial charge in [0.25, 0.3) is 5.69 Å². The molecule has 2 N–H and O–H groups in total. The Labute approximate surface area is 123 Å². The van der Waals surface area contributed by atoms with Crippen LogP contribution in [0.25, 0.3) is 0 Å². The average Bonchev–Trinajstić information content (AvgIpc) is 2.41. The fraction of sp³-hybridized carbons (Fsp3) is 0.333. The first-order chi connectivity index (χ1) is 10.1. The third kappa shape index (κ3) is 5.57. The van der Waals surface area contributed by atoms with Gasteiger partial charge in [-0.1, -0.05) is 0 Å². The van der Waals surface area contributed by atoms with Crippen LogP contribution in [0.1, 0.15) is 0 Å². The molecule has 0 heterocycles. The molecule has 0 fully saturated rings. The van der Waals surface area contributed by atoms with E-state index < -0.39 is 50.9 Å². The minimum atomic E-state index is -4.74. The van der Waals surface area contributed by atoms with E-state index in [1.165, 1.54) is 0 Å². The van der Waals surface area contributed by atoms with Crippen molar-refractivity contribution in [1.29, 1.82) is 0 Å². The van der Waals surface area contributed by atoms with E-state index in [1.807, 2.05) is 0 Å². The van der Waals surface area contributed by atoms with Crippen LogP contribution < -0.4 is 4.74 Å². The van der Waals surface area contributed by atoms with Crippen molar-refractivity contribution in [3.8, 4) is 5.75 Å². The summed E-state index contributed by atoms with van der Waals surface area (Å²) in [4.78, 5) is 19.6. The Morgan fingerprint density at radius 1 is 1.18 bits per heavy atom. The van der Waals surface area contributed by atoms with Gasteiger partial charge in [-0.2, -0.15) is 8.42 Å². The highest BCUT2D eigenvalue weighted by Crippen LogP contribution is 2.30. The fourth-order valence-electron chi connectivity index (χ4n) is 1.28. The van der Waals surface area contributed by atoms with Crippen LogP contribution in [0.4, 0.5) is 11.4 Å². The first-order valence-electron chi connectivity index (χ1n) is 5.45. The van der Waals surface area contributed by atoms with Crippen LogP contribution in [-0.2, 0) is 14.6 Å². The van der Waals surface area contributed by atoms with E-state index in [2.05, 4.69) is 4.18 Å². The molecular formula is C9H10N2O10S. The maximum Gasteiger partial charge on any atom is 0.397 e. The zero-order valence-corrected chi connectivity index (χ0v) is 11.5. The summed E-state index contributed by atoms with van der Waals surface area (Å²) >= 11 is 0. The summed E-state index contributed by atoms with van der Waals surface area (Å²) in [5, 5.41) is 30.7. The van der Waals surface area contributed by atoms with Crippen LogP contribution in [0.2, 0.25) is 0 Å². The molecule has 13 heteroatoms. The van der Waals surface area contributed by atoms with Crippen molar-refractivity contribution in [2.24, 2.45) is 0 Å². The summed E-state index contributed by atoms with van der Waals surface area (Å²) < 4.78 is 37.6. The first kappa shape index (κ1) is 17.7. The van der Waals surface area contributed by atoms with Crippen LogP contribution in [0, 0.1) is 20.2 Å². The summed E-state index contributed by atoms with van der Waals surface area (Å²) in [5.41, 5.74) is -1.22. The van der Waals surface area contributed by atoms with E-state index >= 15 is 0 Å². The van der Waals surface area contributed by atoms with E-state index in [-0.39, 0.29) is 5.75 Å². The zero-order chi connectivity index (χ0) is 16.9. The van der Waals surface area contributed by atoms with Gasteiger partial charge in [0, 0.05) is 6.07 Å². The second-order valence-electron chi connectivity index (χ2n) is 3.84. The van der Waals surface area contributed by atoms with E-state index in [9.17, 15) is 33.8 Å². The predicted octanol–water partition coefficient (Wildman–Crippen LogP) is 0.0621. The Balaban J connectivity index is 2.77. The highest BCUT2D eigenvalue weighted by atomic mass is 32.3. The molecule has 0 saturated carbocycles. The van der Waals surface area contributed by atoms with E-state index in [0.717, 1.165) is 12.1 Å². The molecule has 1 aromatic rings. The third-order valence-corrected chi connectivity index (χ3v) is 2.62. The van der Waals surface area contributed by atoms with Gasteiger partial charge in [0.05, 0.1) is 22.5 Å². The molecule has 1 unspecified atom stereocenters. The molecule has 0 aliphatic rings. The Hall–Kier alpha value is -2.35. The van der Waals surface area contributed by atoms with Gasteiger partial charge in [0.2, 0.25) is 0 Å². The Bertz CT molecular complexity index is 673. The van der Waals surface area contributed by atoms with Gasteiger partial charge in [-0.15, -0.1) is 0 Å². The van der Waals surface area contributed by atoms with Crippen molar-refractivity contribution in [2.75, 3.05) is 13.2 Å². The van der Waals surface area contributed by atoms with Crippen molar-refractivity contribution in [2.45, 2.75) is 6.10 Å². The minimum absolute atomic E-state index is 0.360. The van der Waals surface area contributed by atoms with Crippen molar-refractivity contribution in [1.82, 2.24) is 0 Å². The highest BCUT2D eigenvalue weighted by Gasteiger charge is 2.21. The number of aliphatic hydroxyl groups is 1. The molecule has 12 nitrogen and oxygen atoms in total. The topological polar surface area (TPSA) is 179 Å². The number of non-ortho nitro benzene ring substituents is 1. The first-order valence-corrected chi connectivity index (χ1v) is 6.82. The van der Waals surface area contributed by atoms with Gasteiger partial charge in [0.1, 0.15) is 12.7 Å². The summed E-state index contributed by atoms with van der Waals surface area (Å²) in [5.74, 6) is -0.360. The highest BCUT2D eigenvalue weighted by molar-refractivity contribution is 7.80. The third-order valence-electron chi connectivity index (χ3n) is 2.19. The maximum atomic E-state index is 10.8. The molecule has 0 spiro atoms. The summed E-state index contributed by atoms with van der Waals surface area (Å²) in [6.07, 6.45) is -1.52. The predicted molar refractivity (Wildman–Crippen MR) is 68.8 cm³/mol. The van der Waals surface area contributed by atoms with E-state index in [4.69, 9.17) is 9.29 Å². The standard InChI is InChI=1S/C9H10N2O10S/c12-7(5-21-22(17,18)19)4-20-9-2-1-6(10(13)14)3-8(9)11(15)16/h1-3,7,12H,4-5H2,(H,17,18,19). The zero-order valence-electron chi connectivity index (χ0n) is 10.7. The molecule has 0 bridgehead atoms. The lowest BCUT2D eigenvalue weighted by atomic mass is 10.2. The Morgan fingerprint density at radius 3 is 2.32 bits per heavy atom. The maximum absolute atomic E-state index is 10.8. The van der Waals surface area contributed by atoms with Crippen molar-refractivity contribution < 1.29 is 36.8 Å². The summed E-state index contributed by atoms with van der Waals surface area (Å²) in [6.45, 7) is -1.44. The van der Waals surface area contributed by atoms with Crippen LogP contribution in [0.3, 0.4) is 0 Å². The summed E-state index contributed by atoms with van der Waals surface area (Å²) in [6, 6.07) is 2.60. The van der Waals surface area contributed by atoms with Gasteiger partial charge in [-0.25, -0.2) is 4.18 Å². The van der Waals surface area contributed by atoms with Crippen LogP contribution >= 0.6 is 0 Å². The largest absolute Gasteiger partial charge is 0.484 e. The van der Waals surface area contributed by atoms with Crippen molar-refractivity contribution in [3.63, 3.8) is 0 Å². The number of hydrogen-bond acceptors (Lipinski definition) is 9. The Morgan fingerprint density at radius 2 is 1.82 bits per heavy atom. The molecule has 0 aliphatic carbocycles.